The fraction of sp³-hybridized carbons (Fsp3) is 0.529. The fourth-order valence-corrected chi connectivity index (χ4v) is 11.0. The summed E-state index contributed by atoms with van der Waals surface area (Å²) in [5.41, 5.74) is 9.02. The molecule has 1 aromatic carbocycles. The van der Waals surface area contributed by atoms with Gasteiger partial charge in [0, 0.05) is 96.2 Å². The van der Waals surface area contributed by atoms with Crippen LogP contribution in [0.5, 0.6) is 0 Å². The van der Waals surface area contributed by atoms with E-state index in [0.29, 0.717) is 51.3 Å². The number of cyclic esters (lactones) is 1. The van der Waals surface area contributed by atoms with E-state index in [1.807, 2.05) is 43.5 Å². The second kappa shape index (κ2) is 21.0. The molecule has 2 saturated heterocycles. The number of nitrogens with zero attached hydrogens (tertiary/aromatic N) is 5. The van der Waals surface area contributed by atoms with E-state index in [-0.39, 0.29) is 42.2 Å². The van der Waals surface area contributed by atoms with E-state index in [1.54, 1.807) is 25.6 Å². The second-order valence-electron chi connectivity index (χ2n) is 19.3. The minimum Gasteiger partial charge on any atom is -0.464 e. The Hall–Kier alpha value is -5.24. The molecule has 2 N–H and O–H groups in total. The third-order valence-corrected chi connectivity index (χ3v) is 14.8. The number of thiazole rings is 1. The van der Waals surface area contributed by atoms with Gasteiger partial charge in [-0.15, -0.1) is 11.3 Å². The molecule has 4 aliphatic rings. The maximum Gasteiger partial charge on any atom is 0.324 e. The van der Waals surface area contributed by atoms with Gasteiger partial charge < -0.3 is 33.6 Å². The zero-order chi connectivity index (χ0) is 48.4. The minimum absolute atomic E-state index is 0.0552. The van der Waals surface area contributed by atoms with Crippen molar-refractivity contribution in [3.05, 3.63) is 88.3 Å². The van der Waals surface area contributed by atoms with Crippen LogP contribution in [-0.4, -0.2) is 114 Å². The maximum absolute atomic E-state index is 14.9. The van der Waals surface area contributed by atoms with Crippen LogP contribution >= 0.6 is 11.3 Å². The van der Waals surface area contributed by atoms with E-state index in [2.05, 4.69) is 52.3 Å². The third-order valence-electron chi connectivity index (χ3n) is 13.9. The molecule has 368 valence electrons. The first-order valence-electron chi connectivity index (χ1n) is 24.0. The van der Waals surface area contributed by atoms with Gasteiger partial charge in [0.1, 0.15) is 29.8 Å². The molecule has 2 amide bonds. The Morgan fingerprint density at radius 2 is 1.87 bits per heavy atom. The first-order chi connectivity index (χ1) is 33.3. The average molecular weight is 970 g/mol. The van der Waals surface area contributed by atoms with Crippen molar-refractivity contribution in [3.63, 3.8) is 0 Å². The number of alkyl halides is 2. The van der Waals surface area contributed by atoms with Gasteiger partial charge in [-0.2, -0.15) is 0 Å². The Labute approximate surface area is 404 Å². The van der Waals surface area contributed by atoms with Gasteiger partial charge in [-0.05, 0) is 86.9 Å². The maximum atomic E-state index is 14.9. The first-order valence-corrected chi connectivity index (χ1v) is 24.8. The smallest absolute Gasteiger partial charge is 0.324 e. The van der Waals surface area contributed by atoms with Crippen LogP contribution in [0.15, 0.2) is 66.3 Å². The van der Waals surface area contributed by atoms with E-state index in [1.165, 1.54) is 5.01 Å². The number of fused-ring (bicyclic) bond motifs is 6. The highest BCUT2D eigenvalue weighted by Gasteiger charge is 2.54. The predicted octanol–water partition coefficient (Wildman–Crippen LogP) is 7.60. The SMILES string of the molecule is CO[C@@H](C)c1ncccc1-c1c2c3cc(ccc3n1CCOC1CCOCC1)-c1csc(n1)[C@@H](OCC(F)F)[C@H](NC(=O)[C@@H]1[C@@H](C)[C@H]1c1ccccn1)C(=O)N1CCC[C@H](N1)C(=O)OCC(C)(C)C2. The normalized spacial score (nSPS) is 24.8. The number of rotatable bonds is 13. The van der Waals surface area contributed by atoms with Crippen LogP contribution in [-0.2, 0) is 51.0 Å². The van der Waals surface area contributed by atoms with Crippen LogP contribution in [0.1, 0.15) is 93.5 Å². The molecule has 3 fully saturated rings. The minimum atomic E-state index is -2.88. The number of hydrogen-bond donors (Lipinski definition) is 2. The number of carbonyl (C=O) groups is 3. The molecule has 6 bridgehead atoms. The molecule has 1 saturated carbocycles. The van der Waals surface area contributed by atoms with Crippen molar-refractivity contribution in [2.24, 2.45) is 17.3 Å². The lowest BCUT2D eigenvalue weighted by atomic mass is 9.84. The van der Waals surface area contributed by atoms with Gasteiger partial charge in [0.05, 0.1) is 42.5 Å². The van der Waals surface area contributed by atoms with Crippen LogP contribution in [0, 0.1) is 17.3 Å². The summed E-state index contributed by atoms with van der Waals surface area (Å²) in [5, 5.41) is 7.18. The number of hydrazine groups is 1. The lowest BCUT2D eigenvalue weighted by molar-refractivity contribution is -0.157. The van der Waals surface area contributed by atoms with Gasteiger partial charge in [0.15, 0.2) is 0 Å². The van der Waals surface area contributed by atoms with Crippen molar-refractivity contribution in [3.8, 4) is 22.5 Å². The van der Waals surface area contributed by atoms with E-state index in [9.17, 15) is 23.2 Å². The molecule has 7 heterocycles. The monoisotopic (exact) mass is 969 g/mol. The first kappa shape index (κ1) is 48.8. The van der Waals surface area contributed by atoms with Gasteiger partial charge in [0.25, 0.3) is 12.3 Å². The summed E-state index contributed by atoms with van der Waals surface area (Å²) in [6, 6.07) is 13.2. The summed E-state index contributed by atoms with van der Waals surface area (Å²) in [5.74, 6) is -2.47. The number of amides is 2. The highest BCUT2D eigenvalue weighted by molar-refractivity contribution is 7.10. The molecule has 0 spiro atoms. The van der Waals surface area contributed by atoms with Crippen LogP contribution < -0.4 is 10.7 Å². The topological polar surface area (TPSA) is 168 Å². The number of benzene rings is 1. The number of esters is 1. The van der Waals surface area contributed by atoms with Crippen LogP contribution in [0.4, 0.5) is 8.78 Å². The molecule has 7 atom stereocenters. The number of methoxy groups -OCH3 is 1. The van der Waals surface area contributed by atoms with Gasteiger partial charge >= 0.3 is 5.97 Å². The number of aromatic nitrogens is 4. The van der Waals surface area contributed by atoms with E-state index in [0.717, 1.165) is 68.9 Å². The van der Waals surface area contributed by atoms with E-state index < -0.39 is 60.3 Å². The summed E-state index contributed by atoms with van der Waals surface area (Å²) in [7, 11) is 1.66. The highest BCUT2D eigenvalue weighted by Crippen LogP contribution is 2.53. The number of halogens is 2. The average Bonchev–Trinajstić information content (AvgIpc) is 3.64. The predicted molar refractivity (Wildman–Crippen MR) is 254 cm³/mol. The van der Waals surface area contributed by atoms with Crippen molar-refractivity contribution in [1.29, 1.82) is 0 Å². The molecule has 18 heteroatoms. The highest BCUT2D eigenvalue weighted by atomic mass is 32.1. The molecule has 0 unspecified atom stereocenters. The van der Waals surface area contributed by atoms with Crippen molar-refractivity contribution in [2.75, 3.05) is 46.7 Å². The lowest BCUT2D eigenvalue weighted by Gasteiger charge is -2.37. The summed E-state index contributed by atoms with van der Waals surface area (Å²) in [4.78, 5) is 57.5. The zero-order valence-electron chi connectivity index (χ0n) is 39.7. The zero-order valence-corrected chi connectivity index (χ0v) is 40.5. The van der Waals surface area contributed by atoms with Crippen molar-refractivity contribution < 1.29 is 46.8 Å². The lowest BCUT2D eigenvalue weighted by Crippen LogP contribution is -2.61. The quantitative estimate of drug-likeness (QED) is 0.111. The number of ether oxygens (including phenoxy) is 5. The number of nitrogens with one attached hydrogen (secondary N) is 2. The van der Waals surface area contributed by atoms with Crippen LogP contribution in [0.3, 0.4) is 0 Å². The van der Waals surface area contributed by atoms with Crippen molar-refractivity contribution >= 4 is 40.0 Å². The Balaban J connectivity index is 1.17. The molecule has 9 rings (SSSR count). The molecular weight excluding hydrogens is 909 g/mol. The van der Waals surface area contributed by atoms with Crippen molar-refractivity contribution in [2.45, 2.75) is 109 Å². The fourth-order valence-electron chi connectivity index (χ4n) is 10.1. The van der Waals surface area contributed by atoms with Gasteiger partial charge in [-0.3, -0.25) is 29.4 Å². The second-order valence-corrected chi connectivity index (χ2v) is 20.2. The molecule has 1 aliphatic carbocycles. The Morgan fingerprint density at radius 1 is 1.06 bits per heavy atom. The summed E-state index contributed by atoms with van der Waals surface area (Å²) in [6.45, 7) is 9.54. The largest absolute Gasteiger partial charge is 0.464 e. The van der Waals surface area contributed by atoms with Crippen LogP contribution in [0.25, 0.3) is 33.4 Å². The number of pyridine rings is 2. The molecule has 69 heavy (non-hydrogen) atoms. The van der Waals surface area contributed by atoms with Crippen LogP contribution in [0.2, 0.25) is 0 Å². The Bertz CT molecular complexity index is 2620. The molecule has 5 aromatic rings. The van der Waals surface area contributed by atoms with Gasteiger partial charge in [-0.25, -0.2) is 19.2 Å². The van der Waals surface area contributed by atoms with Crippen molar-refractivity contribution in [1.82, 2.24) is 35.3 Å². The molecular formula is C51H61F2N7O8S. The molecule has 0 radical (unpaired) electrons. The van der Waals surface area contributed by atoms with Gasteiger partial charge in [-0.1, -0.05) is 32.9 Å². The number of carbonyl (C=O) groups excluding carboxylic acids is 3. The Kier molecular flexibility index (Phi) is 14.8. The summed E-state index contributed by atoms with van der Waals surface area (Å²) >= 11 is 1.16. The summed E-state index contributed by atoms with van der Waals surface area (Å²) < 4.78 is 60.6. The number of hydrogen-bond acceptors (Lipinski definition) is 13. The molecule has 3 aliphatic heterocycles. The Morgan fingerprint density at radius 3 is 2.64 bits per heavy atom. The van der Waals surface area contributed by atoms with E-state index >= 15 is 0 Å². The molecule has 15 nitrogen and oxygen atoms in total. The molecule has 4 aromatic heterocycles. The summed E-state index contributed by atoms with van der Waals surface area (Å²) in [6.07, 6.45) is 1.82. The third kappa shape index (κ3) is 10.6. The van der Waals surface area contributed by atoms with E-state index in [4.69, 9.17) is 33.7 Å². The standard InChI is InChI=1S/C51H61F2N7O8S/c1-29-41(36-11-6-7-17-54-36)42(29)47(61)57-44-46(67-26-40(52)53)48-56-38(27-69-48)31-13-14-39-34(24-31)35(25-51(3,4)28-68-50(63)37-12-9-19-60(58-37)49(44)62)45(33-10-8-18-55-43(33)30(2)64-5)59(39)20-23-66-32-15-21-65-22-16-32/h6-8,10-11,13-14,17-18,24,27,29-30,32,37,40-42,44,46,58H,9,12,15-16,19-23,25-26,28H2,1-5H3,(H,57,61)/t29-,30-,37-,41-,42+,44-,46-/m0/s1. The van der Waals surface area contributed by atoms with Gasteiger partial charge in [0.2, 0.25) is 5.91 Å².